The molecule has 0 atom stereocenters. The van der Waals surface area contributed by atoms with E-state index in [0.717, 1.165) is 25.0 Å². The molecule has 74 valence electrons. The van der Waals surface area contributed by atoms with Crippen molar-refractivity contribution in [1.82, 2.24) is 0 Å². The lowest BCUT2D eigenvalue weighted by molar-refractivity contribution is 0.368. The number of aliphatic imine (C=N–C) groups is 1. The van der Waals surface area contributed by atoms with Crippen LogP contribution in [-0.2, 0) is 0 Å². The summed E-state index contributed by atoms with van der Waals surface area (Å²) in [6.45, 7) is 8.76. The summed E-state index contributed by atoms with van der Waals surface area (Å²) in [5.41, 5.74) is 1.43. The van der Waals surface area contributed by atoms with Gasteiger partial charge in [-0.05, 0) is 31.1 Å². The minimum Gasteiger partial charge on any atom is -0.183 e. The fourth-order valence-corrected chi connectivity index (χ4v) is 1.21. The maximum Gasteiger partial charge on any atom is 0.205 e. The first-order valence-corrected chi connectivity index (χ1v) is 4.94. The molecule has 0 unspecified atom stereocenters. The molecule has 0 aromatic heterocycles. The predicted molar refractivity (Wildman–Crippen MR) is 56.6 cm³/mol. The maximum atomic E-state index is 8.39. The largest absolute Gasteiger partial charge is 0.205 e. The van der Waals surface area contributed by atoms with Gasteiger partial charge in [0, 0.05) is 5.71 Å². The average molecular weight is 180 g/mol. The minimum absolute atomic E-state index is 0.394. The van der Waals surface area contributed by atoms with Crippen molar-refractivity contribution in [3.05, 3.63) is 0 Å². The van der Waals surface area contributed by atoms with Gasteiger partial charge in [-0.25, -0.2) is 0 Å². The lowest BCUT2D eigenvalue weighted by Crippen LogP contribution is -2.06. The lowest BCUT2D eigenvalue weighted by Gasteiger charge is -2.17. The normalized spacial score (nSPS) is 12.7. The van der Waals surface area contributed by atoms with Crippen LogP contribution < -0.4 is 0 Å². The van der Waals surface area contributed by atoms with Crippen molar-refractivity contribution in [2.24, 2.45) is 10.4 Å². The Bertz CT molecular complexity index is 203. The molecule has 0 rings (SSSR count). The molecule has 0 aromatic rings. The summed E-state index contributed by atoms with van der Waals surface area (Å²) in [7, 11) is 0. The third-order valence-corrected chi connectivity index (χ3v) is 2.01. The van der Waals surface area contributed by atoms with Crippen LogP contribution in [0.5, 0.6) is 0 Å². The Balaban J connectivity index is 3.76. The van der Waals surface area contributed by atoms with E-state index in [-0.39, 0.29) is 0 Å². The molecule has 0 aliphatic carbocycles. The number of rotatable bonds is 4. The van der Waals surface area contributed by atoms with E-state index in [1.54, 1.807) is 0 Å². The maximum absolute atomic E-state index is 8.39. The van der Waals surface area contributed by atoms with Crippen LogP contribution in [0.2, 0.25) is 0 Å². The van der Waals surface area contributed by atoms with Gasteiger partial charge in [-0.3, -0.25) is 0 Å². The van der Waals surface area contributed by atoms with Crippen LogP contribution in [0.25, 0.3) is 0 Å². The molecule has 0 N–H and O–H groups in total. The van der Waals surface area contributed by atoms with Gasteiger partial charge in [-0.1, -0.05) is 27.7 Å². The Kier molecular flexibility index (Phi) is 5.37. The highest BCUT2D eigenvalue weighted by atomic mass is 14.7. The van der Waals surface area contributed by atoms with Gasteiger partial charge in [0.05, 0.1) is 0 Å². The highest BCUT2D eigenvalue weighted by molar-refractivity contribution is 5.84. The van der Waals surface area contributed by atoms with Crippen molar-refractivity contribution >= 4 is 5.71 Å². The molecule has 2 nitrogen and oxygen atoms in total. The first-order valence-electron chi connectivity index (χ1n) is 4.94. The number of hydrogen-bond donors (Lipinski definition) is 0. The molecule has 0 saturated carbocycles. The van der Waals surface area contributed by atoms with Crippen LogP contribution in [0.3, 0.4) is 0 Å². The summed E-state index contributed by atoms with van der Waals surface area (Å²) in [6, 6.07) is 0. The van der Waals surface area contributed by atoms with E-state index in [4.69, 9.17) is 5.26 Å². The van der Waals surface area contributed by atoms with Gasteiger partial charge in [0.15, 0.2) is 0 Å². The van der Waals surface area contributed by atoms with Gasteiger partial charge in [-0.15, -0.1) is 0 Å². The fraction of sp³-hybridized carbons (Fsp3) is 0.818. The first kappa shape index (κ1) is 12.2. The van der Waals surface area contributed by atoms with Gasteiger partial charge in [0.1, 0.15) is 0 Å². The fourth-order valence-electron chi connectivity index (χ4n) is 1.21. The summed E-state index contributed by atoms with van der Waals surface area (Å²) < 4.78 is 0. The van der Waals surface area contributed by atoms with Crippen LogP contribution >= 0.6 is 0 Å². The van der Waals surface area contributed by atoms with Crippen molar-refractivity contribution in [3.8, 4) is 6.19 Å². The highest BCUT2D eigenvalue weighted by Gasteiger charge is 2.09. The highest BCUT2D eigenvalue weighted by Crippen LogP contribution is 2.21. The molecule has 0 heterocycles. The van der Waals surface area contributed by atoms with Crippen molar-refractivity contribution in [2.45, 2.75) is 53.4 Å². The molecule has 0 saturated heterocycles. The van der Waals surface area contributed by atoms with Crippen molar-refractivity contribution in [1.29, 1.82) is 5.26 Å². The van der Waals surface area contributed by atoms with E-state index in [1.165, 1.54) is 6.42 Å². The monoisotopic (exact) mass is 180 g/mol. The van der Waals surface area contributed by atoms with Gasteiger partial charge in [0.25, 0.3) is 0 Å². The van der Waals surface area contributed by atoms with E-state index in [9.17, 15) is 0 Å². The first-order chi connectivity index (χ1) is 5.99. The summed E-state index contributed by atoms with van der Waals surface area (Å²) >= 11 is 0. The smallest absolute Gasteiger partial charge is 0.183 e. The molecular formula is C11H20N2. The molecular weight excluding hydrogens is 160 g/mol. The minimum atomic E-state index is 0.394. The molecule has 0 amide bonds. The molecule has 13 heavy (non-hydrogen) atoms. The second-order valence-corrected chi connectivity index (χ2v) is 4.55. The standard InChI is InChI=1S/C11H20N2/c1-5-10(13-9-12)7-6-8-11(2,3)4/h5-8H2,1-4H3. The number of nitrogens with zero attached hydrogens (tertiary/aromatic N) is 2. The molecule has 0 bridgehead atoms. The Hall–Kier alpha value is -0.840. The topological polar surface area (TPSA) is 36.1 Å². The Morgan fingerprint density at radius 3 is 2.38 bits per heavy atom. The van der Waals surface area contributed by atoms with Gasteiger partial charge < -0.3 is 0 Å². The van der Waals surface area contributed by atoms with Gasteiger partial charge in [0.2, 0.25) is 6.19 Å². The van der Waals surface area contributed by atoms with Crippen molar-refractivity contribution in [3.63, 3.8) is 0 Å². The third-order valence-electron chi connectivity index (χ3n) is 2.01. The molecule has 0 spiro atoms. The SMILES string of the molecule is CCC(CCCC(C)(C)C)=NC#N. The summed E-state index contributed by atoms with van der Waals surface area (Å²) in [6.07, 6.45) is 6.06. The van der Waals surface area contributed by atoms with Gasteiger partial charge in [-0.2, -0.15) is 10.3 Å². The Morgan fingerprint density at radius 1 is 1.38 bits per heavy atom. The number of hydrogen-bond acceptors (Lipinski definition) is 2. The van der Waals surface area contributed by atoms with Gasteiger partial charge >= 0.3 is 0 Å². The van der Waals surface area contributed by atoms with Crippen molar-refractivity contribution < 1.29 is 0 Å². The van der Waals surface area contributed by atoms with Crippen molar-refractivity contribution in [2.75, 3.05) is 0 Å². The summed E-state index contributed by atoms with van der Waals surface area (Å²) in [4.78, 5) is 3.78. The zero-order valence-electron chi connectivity index (χ0n) is 9.22. The zero-order valence-corrected chi connectivity index (χ0v) is 9.22. The molecule has 0 aliphatic rings. The van der Waals surface area contributed by atoms with Crippen LogP contribution in [0.4, 0.5) is 0 Å². The quantitative estimate of drug-likeness (QED) is 0.481. The van der Waals surface area contributed by atoms with E-state index in [2.05, 4.69) is 25.8 Å². The Labute approximate surface area is 81.7 Å². The van der Waals surface area contributed by atoms with Crippen LogP contribution in [-0.4, -0.2) is 5.71 Å². The zero-order chi connectivity index (χ0) is 10.3. The van der Waals surface area contributed by atoms with Crippen LogP contribution in [0.1, 0.15) is 53.4 Å². The van der Waals surface area contributed by atoms with Crippen LogP contribution in [0.15, 0.2) is 4.99 Å². The van der Waals surface area contributed by atoms with E-state index < -0.39 is 0 Å². The molecule has 0 aromatic carbocycles. The van der Waals surface area contributed by atoms with E-state index >= 15 is 0 Å². The lowest BCUT2D eigenvalue weighted by atomic mass is 9.89. The summed E-state index contributed by atoms with van der Waals surface area (Å²) in [5, 5.41) is 8.39. The predicted octanol–water partition coefficient (Wildman–Crippen LogP) is 3.53. The second-order valence-electron chi connectivity index (χ2n) is 4.55. The number of nitriles is 1. The Morgan fingerprint density at radius 2 is 2.00 bits per heavy atom. The molecule has 0 fully saturated rings. The summed E-state index contributed by atoms with van der Waals surface area (Å²) in [5.74, 6) is 0. The van der Waals surface area contributed by atoms with Crippen LogP contribution in [0, 0.1) is 16.9 Å². The third kappa shape index (κ3) is 7.52. The molecule has 2 heteroatoms. The average Bonchev–Trinajstić information content (AvgIpc) is 2.01. The molecule has 0 aliphatic heterocycles. The van der Waals surface area contributed by atoms with E-state index in [0.29, 0.717) is 5.41 Å². The van der Waals surface area contributed by atoms with E-state index in [1.807, 2.05) is 13.1 Å². The second kappa shape index (κ2) is 5.75. The molecule has 0 radical (unpaired) electrons.